The van der Waals surface area contributed by atoms with Gasteiger partial charge in [0.05, 0.1) is 5.56 Å². The second-order valence-corrected chi connectivity index (χ2v) is 12.8. The van der Waals surface area contributed by atoms with Gasteiger partial charge >= 0.3 is 0 Å². The number of fused-ring (bicyclic) bond motifs is 6. The normalized spacial score (nSPS) is 11.5. The van der Waals surface area contributed by atoms with Gasteiger partial charge in [-0.1, -0.05) is 152 Å². The van der Waals surface area contributed by atoms with Gasteiger partial charge in [-0.15, -0.1) is 0 Å². The second kappa shape index (κ2) is 11.9. The number of hydrogen-bond donors (Lipinski definition) is 0. The number of para-hydroxylation sites is 1. The molecule has 10 rings (SSSR count). The molecule has 0 saturated carbocycles. The molecule has 0 atom stereocenters. The Kier molecular flexibility index (Phi) is 6.78. The molecule has 238 valence electrons. The van der Waals surface area contributed by atoms with E-state index in [1.54, 1.807) is 0 Å². The summed E-state index contributed by atoms with van der Waals surface area (Å²) in [6, 6.07) is 61.1. The average Bonchev–Trinajstić information content (AvgIpc) is 3.60. The molecule has 0 saturated heterocycles. The van der Waals surface area contributed by atoms with E-state index in [1.165, 1.54) is 27.3 Å². The maximum Gasteiger partial charge on any atom is 0.167 e. The van der Waals surface area contributed by atoms with Gasteiger partial charge in [0.15, 0.2) is 17.5 Å². The topological polar surface area (TPSA) is 51.8 Å². The van der Waals surface area contributed by atoms with Gasteiger partial charge < -0.3 is 4.42 Å². The van der Waals surface area contributed by atoms with Gasteiger partial charge in [0, 0.05) is 21.9 Å². The smallest absolute Gasteiger partial charge is 0.167 e. The molecule has 0 N–H and O–H groups in total. The summed E-state index contributed by atoms with van der Waals surface area (Å²) < 4.78 is 6.85. The summed E-state index contributed by atoms with van der Waals surface area (Å²) >= 11 is 0. The fourth-order valence-electron chi connectivity index (χ4n) is 7.23. The highest BCUT2D eigenvalue weighted by Crippen LogP contribution is 2.43. The first-order valence-electron chi connectivity index (χ1n) is 17.1. The Labute approximate surface area is 294 Å². The molecule has 0 spiro atoms. The fourth-order valence-corrected chi connectivity index (χ4v) is 7.23. The molecule has 0 aliphatic rings. The fraction of sp³-hybridized carbons (Fsp3) is 0. The maximum absolute atomic E-state index is 6.85. The zero-order valence-electron chi connectivity index (χ0n) is 27.5. The molecule has 0 aliphatic carbocycles. The van der Waals surface area contributed by atoms with Crippen molar-refractivity contribution in [3.05, 3.63) is 176 Å². The van der Waals surface area contributed by atoms with Crippen molar-refractivity contribution in [2.24, 2.45) is 0 Å². The highest BCUT2D eigenvalue weighted by Gasteiger charge is 2.20. The van der Waals surface area contributed by atoms with E-state index in [2.05, 4.69) is 109 Å². The van der Waals surface area contributed by atoms with Crippen LogP contribution >= 0.6 is 0 Å². The van der Waals surface area contributed by atoms with E-state index in [0.717, 1.165) is 55.1 Å². The quantitative estimate of drug-likeness (QED) is 0.186. The number of furan rings is 1. The van der Waals surface area contributed by atoms with Crippen LogP contribution in [-0.4, -0.2) is 15.0 Å². The summed E-state index contributed by atoms with van der Waals surface area (Å²) in [5.41, 5.74) is 8.97. The third kappa shape index (κ3) is 5.04. The predicted octanol–water partition coefficient (Wildman–Crippen LogP) is 12.4. The number of benzene rings is 8. The molecule has 0 unspecified atom stereocenters. The lowest BCUT2D eigenvalue weighted by Gasteiger charge is -2.10. The van der Waals surface area contributed by atoms with E-state index in [0.29, 0.717) is 17.5 Å². The highest BCUT2D eigenvalue weighted by molar-refractivity contribution is 6.23. The van der Waals surface area contributed by atoms with Crippen molar-refractivity contribution < 1.29 is 4.42 Å². The van der Waals surface area contributed by atoms with Crippen LogP contribution < -0.4 is 0 Å². The second-order valence-electron chi connectivity index (χ2n) is 12.8. The Hall–Kier alpha value is -6.91. The molecule has 0 bridgehead atoms. The van der Waals surface area contributed by atoms with E-state index in [9.17, 15) is 0 Å². The molecule has 10 aromatic rings. The first kappa shape index (κ1) is 29.0. The largest absolute Gasteiger partial charge is 0.455 e. The van der Waals surface area contributed by atoms with Crippen LogP contribution in [0.1, 0.15) is 0 Å². The lowest BCUT2D eigenvalue weighted by atomic mass is 9.93. The standard InChI is InChI=1S/C47H29N3O/c1-4-13-30(14-5-1)33-23-24-35-28-36(26-25-34(35)27-33)41-29-42-43(38-20-11-10-19-37(38)41)39-21-12-22-40(44(39)51-42)47-49-45(31-15-6-2-7-16-31)48-46(50-47)32-17-8-3-9-18-32/h1-29H. The van der Waals surface area contributed by atoms with Crippen LogP contribution in [0.5, 0.6) is 0 Å². The van der Waals surface area contributed by atoms with Gasteiger partial charge in [-0.2, -0.15) is 0 Å². The zero-order valence-corrected chi connectivity index (χ0v) is 27.5. The van der Waals surface area contributed by atoms with E-state index in [1.807, 2.05) is 66.7 Å². The van der Waals surface area contributed by atoms with Crippen LogP contribution in [0.2, 0.25) is 0 Å². The van der Waals surface area contributed by atoms with Crippen LogP contribution in [0.4, 0.5) is 0 Å². The van der Waals surface area contributed by atoms with Gasteiger partial charge in [-0.3, -0.25) is 0 Å². The van der Waals surface area contributed by atoms with E-state index >= 15 is 0 Å². The minimum absolute atomic E-state index is 0.571. The highest BCUT2D eigenvalue weighted by atomic mass is 16.3. The molecule has 2 heterocycles. The Morgan fingerprint density at radius 3 is 1.53 bits per heavy atom. The Bertz CT molecular complexity index is 2840. The average molecular weight is 652 g/mol. The van der Waals surface area contributed by atoms with Crippen molar-refractivity contribution in [2.75, 3.05) is 0 Å². The summed E-state index contributed by atoms with van der Waals surface area (Å²) in [7, 11) is 0. The first-order valence-corrected chi connectivity index (χ1v) is 17.1. The van der Waals surface area contributed by atoms with Crippen molar-refractivity contribution in [3.63, 3.8) is 0 Å². The molecule has 4 nitrogen and oxygen atoms in total. The van der Waals surface area contributed by atoms with Crippen LogP contribution in [0.25, 0.3) is 99.9 Å². The van der Waals surface area contributed by atoms with Crippen molar-refractivity contribution in [3.8, 4) is 56.4 Å². The SMILES string of the molecule is c1ccc(-c2ccc3cc(-c4cc5oc6c(-c7nc(-c8ccccc8)nc(-c8ccccc8)n7)cccc6c5c5ccccc45)ccc3c2)cc1. The van der Waals surface area contributed by atoms with E-state index < -0.39 is 0 Å². The number of rotatable bonds is 5. The molecule has 0 fully saturated rings. The monoisotopic (exact) mass is 651 g/mol. The summed E-state index contributed by atoms with van der Waals surface area (Å²) in [4.78, 5) is 14.9. The minimum Gasteiger partial charge on any atom is -0.455 e. The molecule has 4 heteroatoms. The van der Waals surface area contributed by atoms with E-state index in [4.69, 9.17) is 19.4 Å². The first-order chi connectivity index (χ1) is 25.3. The number of nitrogens with zero attached hydrogens (tertiary/aromatic N) is 3. The van der Waals surface area contributed by atoms with Crippen LogP contribution in [-0.2, 0) is 0 Å². The molecule has 0 amide bonds. The Balaban J connectivity index is 1.16. The van der Waals surface area contributed by atoms with Crippen LogP contribution in [0, 0.1) is 0 Å². The molecular weight excluding hydrogens is 623 g/mol. The Morgan fingerprint density at radius 1 is 0.333 bits per heavy atom. The predicted molar refractivity (Wildman–Crippen MR) is 209 cm³/mol. The van der Waals surface area contributed by atoms with Crippen LogP contribution in [0.3, 0.4) is 0 Å². The lowest BCUT2D eigenvalue weighted by molar-refractivity contribution is 0.670. The van der Waals surface area contributed by atoms with Crippen LogP contribution in [0.15, 0.2) is 180 Å². The molecule has 2 aromatic heterocycles. The number of hydrogen-bond acceptors (Lipinski definition) is 4. The maximum atomic E-state index is 6.85. The van der Waals surface area contributed by atoms with Gasteiger partial charge in [-0.25, -0.2) is 15.0 Å². The van der Waals surface area contributed by atoms with Gasteiger partial charge in [-0.05, 0) is 68.1 Å². The summed E-state index contributed by atoms with van der Waals surface area (Å²) in [5.74, 6) is 1.81. The molecule has 51 heavy (non-hydrogen) atoms. The third-order valence-electron chi connectivity index (χ3n) is 9.70. The summed E-state index contributed by atoms with van der Waals surface area (Å²) in [6.07, 6.45) is 0. The minimum atomic E-state index is 0.571. The summed E-state index contributed by atoms with van der Waals surface area (Å²) in [6.45, 7) is 0. The van der Waals surface area contributed by atoms with Crippen molar-refractivity contribution in [1.82, 2.24) is 15.0 Å². The van der Waals surface area contributed by atoms with Gasteiger partial charge in [0.1, 0.15) is 11.2 Å². The summed E-state index contributed by atoms with van der Waals surface area (Å²) in [5, 5.41) is 6.84. The van der Waals surface area contributed by atoms with E-state index in [-0.39, 0.29) is 0 Å². The third-order valence-corrected chi connectivity index (χ3v) is 9.70. The lowest BCUT2D eigenvalue weighted by Crippen LogP contribution is -2.00. The van der Waals surface area contributed by atoms with Crippen molar-refractivity contribution in [1.29, 1.82) is 0 Å². The Morgan fingerprint density at radius 2 is 0.863 bits per heavy atom. The number of aromatic nitrogens is 3. The molecule has 0 aliphatic heterocycles. The molecule has 0 radical (unpaired) electrons. The molecule has 8 aromatic carbocycles. The zero-order chi connectivity index (χ0) is 33.7. The van der Waals surface area contributed by atoms with Gasteiger partial charge in [0.25, 0.3) is 0 Å². The van der Waals surface area contributed by atoms with Crippen molar-refractivity contribution >= 4 is 43.5 Å². The van der Waals surface area contributed by atoms with Crippen molar-refractivity contribution in [2.45, 2.75) is 0 Å². The molecular formula is C47H29N3O. The van der Waals surface area contributed by atoms with Gasteiger partial charge in [0.2, 0.25) is 0 Å².